The minimum Gasteiger partial charge on any atom is -0.477 e. The van der Waals surface area contributed by atoms with Crippen molar-refractivity contribution in [3.8, 4) is 5.75 Å². The van der Waals surface area contributed by atoms with Gasteiger partial charge >= 0.3 is 5.82 Å². The van der Waals surface area contributed by atoms with E-state index < -0.39 is 4.92 Å². The SMILES string of the molecule is CCCCn1nnnc1COc1ccc(C)nc1[N+](=O)[O-]. The number of rotatable bonds is 7. The first-order valence-corrected chi connectivity index (χ1v) is 6.61. The van der Waals surface area contributed by atoms with Crippen molar-refractivity contribution < 1.29 is 9.66 Å². The van der Waals surface area contributed by atoms with Crippen LogP contribution in [-0.4, -0.2) is 30.1 Å². The highest BCUT2D eigenvalue weighted by atomic mass is 16.6. The third-order valence-corrected chi connectivity index (χ3v) is 2.84. The van der Waals surface area contributed by atoms with E-state index in [0.717, 1.165) is 12.8 Å². The Morgan fingerprint density at radius 1 is 1.43 bits per heavy atom. The maximum atomic E-state index is 11.0. The zero-order valence-corrected chi connectivity index (χ0v) is 11.9. The highest BCUT2D eigenvalue weighted by Crippen LogP contribution is 2.25. The first kappa shape index (κ1) is 14.8. The van der Waals surface area contributed by atoms with Crippen LogP contribution in [0.5, 0.6) is 5.75 Å². The minimum absolute atomic E-state index is 0.0578. The molecule has 0 aliphatic carbocycles. The topological polar surface area (TPSA) is 109 Å². The summed E-state index contributed by atoms with van der Waals surface area (Å²) in [6, 6.07) is 3.18. The molecule has 21 heavy (non-hydrogen) atoms. The van der Waals surface area contributed by atoms with Crippen molar-refractivity contribution in [2.24, 2.45) is 0 Å². The van der Waals surface area contributed by atoms with Crippen molar-refractivity contribution in [1.29, 1.82) is 0 Å². The Morgan fingerprint density at radius 3 is 2.95 bits per heavy atom. The average molecular weight is 292 g/mol. The minimum atomic E-state index is -0.567. The number of unbranched alkanes of at least 4 members (excludes halogenated alkanes) is 1. The molecule has 0 aromatic carbocycles. The van der Waals surface area contributed by atoms with Crippen LogP contribution in [0.1, 0.15) is 31.3 Å². The quantitative estimate of drug-likeness (QED) is 0.564. The molecular weight excluding hydrogens is 276 g/mol. The molecule has 2 aromatic rings. The number of pyridine rings is 1. The van der Waals surface area contributed by atoms with E-state index in [4.69, 9.17) is 4.74 Å². The monoisotopic (exact) mass is 292 g/mol. The van der Waals surface area contributed by atoms with Crippen molar-refractivity contribution in [3.63, 3.8) is 0 Å². The van der Waals surface area contributed by atoms with Gasteiger partial charge in [-0.15, -0.1) is 5.10 Å². The Bertz CT molecular complexity index is 627. The second kappa shape index (κ2) is 6.73. The molecular formula is C12H16N6O3. The second-order valence-corrected chi connectivity index (χ2v) is 4.49. The van der Waals surface area contributed by atoms with Crippen molar-refractivity contribution in [3.05, 3.63) is 33.8 Å². The van der Waals surface area contributed by atoms with Gasteiger partial charge in [-0.1, -0.05) is 13.3 Å². The van der Waals surface area contributed by atoms with E-state index >= 15 is 0 Å². The van der Waals surface area contributed by atoms with Crippen LogP contribution in [0, 0.1) is 17.0 Å². The molecule has 0 unspecified atom stereocenters. The van der Waals surface area contributed by atoms with Crippen LogP contribution in [0.3, 0.4) is 0 Å². The van der Waals surface area contributed by atoms with Crippen molar-refractivity contribution >= 4 is 5.82 Å². The van der Waals surface area contributed by atoms with Gasteiger partial charge in [0.15, 0.2) is 5.82 Å². The van der Waals surface area contributed by atoms with E-state index in [1.165, 1.54) is 6.07 Å². The van der Waals surface area contributed by atoms with Gasteiger partial charge < -0.3 is 14.9 Å². The Labute approximate surface area is 121 Å². The lowest BCUT2D eigenvalue weighted by molar-refractivity contribution is -0.390. The maximum Gasteiger partial charge on any atom is 0.406 e. The average Bonchev–Trinajstić information content (AvgIpc) is 2.91. The Hall–Kier alpha value is -2.58. The van der Waals surface area contributed by atoms with Crippen molar-refractivity contribution in [2.75, 3.05) is 0 Å². The molecule has 9 heteroatoms. The lowest BCUT2D eigenvalue weighted by atomic mass is 10.3. The summed E-state index contributed by atoms with van der Waals surface area (Å²) in [6.45, 7) is 4.50. The molecule has 2 aromatic heterocycles. The van der Waals surface area contributed by atoms with Gasteiger partial charge in [-0.3, -0.25) is 0 Å². The van der Waals surface area contributed by atoms with E-state index in [0.29, 0.717) is 18.1 Å². The Kier molecular flexibility index (Phi) is 4.75. The third-order valence-electron chi connectivity index (χ3n) is 2.84. The molecule has 0 spiro atoms. The van der Waals surface area contributed by atoms with Gasteiger partial charge in [-0.2, -0.15) is 0 Å². The smallest absolute Gasteiger partial charge is 0.406 e. The zero-order valence-electron chi connectivity index (χ0n) is 11.9. The zero-order chi connectivity index (χ0) is 15.2. The number of hydrogen-bond acceptors (Lipinski definition) is 7. The van der Waals surface area contributed by atoms with E-state index in [1.54, 1.807) is 17.7 Å². The first-order chi connectivity index (χ1) is 10.1. The van der Waals surface area contributed by atoms with E-state index in [9.17, 15) is 10.1 Å². The predicted octanol–water partition coefficient (Wildman–Crippen LogP) is 1.66. The Morgan fingerprint density at radius 2 is 2.24 bits per heavy atom. The molecule has 9 nitrogen and oxygen atoms in total. The highest BCUT2D eigenvalue weighted by molar-refractivity contribution is 5.40. The van der Waals surface area contributed by atoms with Crippen LogP contribution < -0.4 is 4.74 Å². The van der Waals surface area contributed by atoms with Crippen LogP contribution in [-0.2, 0) is 13.2 Å². The summed E-state index contributed by atoms with van der Waals surface area (Å²) in [6.07, 6.45) is 1.97. The van der Waals surface area contributed by atoms with Crippen molar-refractivity contribution in [1.82, 2.24) is 25.2 Å². The summed E-state index contributed by atoms with van der Waals surface area (Å²) < 4.78 is 7.09. The summed E-state index contributed by atoms with van der Waals surface area (Å²) >= 11 is 0. The molecule has 2 heterocycles. The molecule has 2 rings (SSSR count). The van der Waals surface area contributed by atoms with Crippen LogP contribution in [0.2, 0.25) is 0 Å². The van der Waals surface area contributed by atoms with Crippen molar-refractivity contribution in [2.45, 2.75) is 39.8 Å². The molecule has 0 N–H and O–H groups in total. The number of hydrogen-bond donors (Lipinski definition) is 0. The van der Waals surface area contributed by atoms with Gasteiger partial charge in [0.25, 0.3) is 0 Å². The fourth-order valence-corrected chi connectivity index (χ4v) is 1.72. The third kappa shape index (κ3) is 3.71. The number of ether oxygens (including phenoxy) is 1. The summed E-state index contributed by atoms with van der Waals surface area (Å²) in [5.41, 5.74) is 0.557. The second-order valence-electron chi connectivity index (χ2n) is 4.49. The lowest BCUT2D eigenvalue weighted by Crippen LogP contribution is -2.10. The Balaban J connectivity index is 2.10. The normalized spacial score (nSPS) is 10.6. The lowest BCUT2D eigenvalue weighted by Gasteiger charge is -2.06. The summed E-state index contributed by atoms with van der Waals surface area (Å²) in [5, 5.41) is 22.3. The largest absolute Gasteiger partial charge is 0.477 e. The maximum absolute atomic E-state index is 11.0. The van der Waals surface area contributed by atoms with Gasteiger partial charge in [0.05, 0.1) is 0 Å². The molecule has 0 bridgehead atoms. The number of nitrogens with zero attached hydrogens (tertiary/aromatic N) is 6. The van der Waals surface area contributed by atoms with Crippen LogP contribution in [0.25, 0.3) is 0 Å². The summed E-state index contributed by atoms with van der Waals surface area (Å²) in [5.74, 6) is 0.330. The molecule has 0 amide bonds. The van der Waals surface area contributed by atoms with Gasteiger partial charge in [0, 0.05) is 13.5 Å². The molecule has 0 radical (unpaired) electrons. The molecule has 0 saturated heterocycles. The van der Waals surface area contributed by atoms with Gasteiger partial charge in [-0.05, 0) is 38.9 Å². The highest BCUT2D eigenvalue weighted by Gasteiger charge is 2.18. The van der Waals surface area contributed by atoms with Gasteiger partial charge in [0.1, 0.15) is 12.3 Å². The molecule has 0 atom stereocenters. The molecule has 0 saturated carbocycles. The fourth-order valence-electron chi connectivity index (χ4n) is 1.72. The van der Waals surface area contributed by atoms with Gasteiger partial charge in [-0.25, -0.2) is 4.68 Å². The van der Waals surface area contributed by atoms with Gasteiger partial charge in [0.2, 0.25) is 5.75 Å². The molecule has 0 fully saturated rings. The van der Waals surface area contributed by atoms with Crippen LogP contribution in [0.15, 0.2) is 12.1 Å². The molecule has 0 aliphatic heterocycles. The number of aryl methyl sites for hydroxylation is 2. The summed E-state index contributed by atoms with van der Waals surface area (Å²) in [7, 11) is 0. The number of aromatic nitrogens is 5. The van der Waals surface area contributed by atoms with Crippen LogP contribution in [0.4, 0.5) is 5.82 Å². The first-order valence-electron chi connectivity index (χ1n) is 6.61. The van der Waals surface area contributed by atoms with Crippen LogP contribution >= 0.6 is 0 Å². The van der Waals surface area contributed by atoms with E-state index in [-0.39, 0.29) is 18.2 Å². The fraction of sp³-hybridized carbons (Fsp3) is 0.500. The molecule has 112 valence electrons. The van der Waals surface area contributed by atoms with E-state index in [1.807, 2.05) is 0 Å². The molecule has 0 aliphatic rings. The number of nitro groups is 1. The summed E-state index contributed by atoms with van der Waals surface area (Å²) in [4.78, 5) is 14.3. The van der Waals surface area contributed by atoms with E-state index in [2.05, 4.69) is 27.4 Å². The number of tetrazole rings is 1. The predicted molar refractivity (Wildman–Crippen MR) is 72.7 cm³/mol. The standard InChI is InChI=1S/C12H16N6O3/c1-3-4-7-17-11(14-15-16-17)8-21-10-6-5-9(2)13-12(10)18(19)20/h5-6H,3-4,7-8H2,1-2H3.